The summed E-state index contributed by atoms with van der Waals surface area (Å²) in [4.78, 5) is 4.34. The second-order valence-electron chi connectivity index (χ2n) is 5.31. The maximum Gasteiger partial charge on any atom is 0.141 e. The van der Waals surface area contributed by atoms with Gasteiger partial charge in [-0.15, -0.1) is 0 Å². The van der Waals surface area contributed by atoms with Gasteiger partial charge in [-0.3, -0.25) is 0 Å². The number of nitrogens with zero attached hydrogens (tertiary/aromatic N) is 2. The lowest BCUT2D eigenvalue weighted by molar-refractivity contribution is 0.548. The van der Waals surface area contributed by atoms with Crippen molar-refractivity contribution in [2.75, 3.05) is 6.54 Å². The second kappa shape index (κ2) is 6.86. The zero-order valence-electron chi connectivity index (χ0n) is 11.7. The van der Waals surface area contributed by atoms with Gasteiger partial charge in [0.1, 0.15) is 5.82 Å². The Bertz CT molecular complexity index is 566. The molecule has 0 unspecified atom stereocenters. The third-order valence-corrected chi connectivity index (χ3v) is 3.18. The molecular weight excluding hydrogens is 277 g/mol. The fraction of sp³-hybridized carbons (Fsp3) is 0.400. The summed E-state index contributed by atoms with van der Waals surface area (Å²) in [5, 5.41) is 3.50. The normalized spacial score (nSPS) is 11.2. The molecule has 0 bridgehead atoms. The lowest BCUT2D eigenvalue weighted by Crippen LogP contribution is -2.19. The minimum atomic E-state index is -0.389. The molecule has 2 rings (SSSR count). The fourth-order valence-corrected chi connectivity index (χ4v) is 2.13. The highest BCUT2D eigenvalue weighted by molar-refractivity contribution is 6.30. The van der Waals surface area contributed by atoms with Crippen LogP contribution in [0.4, 0.5) is 4.39 Å². The molecule has 0 saturated heterocycles. The summed E-state index contributed by atoms with van der Waals surface area (Å²) in [5.74, 6) is 0.234. The predicted octanol–water partition coefficient (Wildman–Crippen LogP) is 3.47. The summed E-state index contributed by atoms with van der Waals surface area (Å²) < 4.78 is 15.1. The lowest BCUT2D eigenvalue weighted by atomic mass is 10.2. The van der Waals surface area contributed by atoms with Crippen LogP contribution in [0.15, 0.2) is 30.7 Å². The highest BCUT2D eigenvalue weighted by Gasteiger charge is 2.03. The van der Waals surface area contributed by atoms with E-state index in [9.17, 15) is 4.39 Å². The smallest absolute Gasteiger partial charge is 0.141 e. The van der Waals surface area contributed by atoms with Crippen molar-refractivity contribution < 1.29 is 4.39 Å². The summed E-state index contributed by atoms with van der Waals surface area (Å²) in [5.41, 5.74) is 1.95. The number of halogens is 2. The van der Waals surface area contributed by atoms with E-state index >= 15 is 0 Å². The molecule has 0 spiro atoms. The Morgan fingerprint density at radius 1 is 1.40 bits per heavy atom. The van der Waals surface area contributed by atoms with Gasteiger partial charge in [-0.1, -0.05) is 31.5 Å². The molecule has 108 valence electrons. The summed E-state index contributed by atoms with van der Waals surface area (Å²) in [6.07, 6.45) is 3.77. The third-order valence-electron chi connectivity index (χ3n) is 2.89. The molecule has 0 aliphatic carbocycles. The largest absolute Gasteiger partial charge is 0.333 e. The molecule has 1 N–H and O–H groups in total. The van der Waals surface area contributed by atoms with Crippen LogP contribution in [0.25, 0.3) is 0 Å². The molecule has 1 heterocycles. The van der Waals surface area contributed by atoms with Crippen LogP contribution in [-0.2, 0) is 13.1 Å². The molecule has 0 saturated carbocycles. The number of hydrogen-bond donors (Lipinski definition) is 1. The fourth-order valence-electron chi connectivity index (χ4n) is 1.92. The first-order valence-corrected chi connectivity index (χ1v) is 7.07. The van der Waals surface area contributed by atoms with Gasteiger partial charge in [0, 0.05) is 19.3 Å². The van der Waals surface area contributed by atoms with E-state index in [0.29, 0.717) is 12.5 Å². The first-order valence-electron chi connectivity index (χ1n) is 6.70. The molecule has 1 aromatic carbocycles. The molecule has 1 aromatic heterocycles. The van der Waals surface area contributed by atoms with Crippen LogP contribution in [-0.4, -0.2) is 16.1 Å². The molecule has 0 aliphatic heterocycles. The topological polar surface area (TPSA) is 29.9 Å². The number of imidazole rings is 1. The number of nitrogens with one attached hydrogen (secondary N) is 1. The first-order chi connectivity index (χ1) is 9.54. The van der Waals surface area contributed by atoms with Crippen molar-refractivity contribution >= 4 is 11.6 Å². The Kier molecular flexibility index (Phi) is 5.15. The number of rotatable bonds is 6. The van der Waals surface area contributed by atoms with Crippen molar-refractivity contribution in [1.29, 1.82) is 0 Å². The Morgan fingerprint density at radius 2 is 2.20 bits per heavy atom. The predicted molar refractivity (Wildman–Crippen MR) is 79.3 cm³/mol. The second-order valence-corrected chi connectivity index (χ2v) is 5.72. The van der Waals surface area contributed by atoms with Crippen LogP contribution in [0.2, 0.25) is 5.02 Å². The molecule has 0 fully saturated rings. The van der Waals surface area contributed by atoms with Crippen LogP contribution in [0.1, 0.15) is 25.1 Å². The summed E-state index contributed by atoms with van der Waals surface area (Å²) in [6, 6.07) is 4.77. The molecule has 0 aliphatic rings. The summed E-state index contributed by atoms with van der Waals surface area (Å²) >= 11 is 5.77. The van der Waals surface area contributed by atoms with Gasteiger partial charge in [-0.05, 0) is 30.2 Å². The molecule has 0 atom stereocenters. The quantitative estimate of drug-likeness (QED) is 0.884. The maximum atomic E-state index is 13.1. The van der Waals surface area contributed by atoms with Gasteiger partial charge in [0.2, 0.25) is 0 Å². The van der Waals surface area contributed by atoms with Gasteiger partial charge < -0.3 is 9.88 Å². The van der Waals surface area contributed by atoms with Gasteiger partial charge in [-0.2, -0.15) is 0 Å². The lowest BCUT2D eigenvalue weighted by Gasteiger charge is -2.05. The molecule has 2 aromatic rings. The Hall–Kier alpha value is -1.39. The highest BCUT2D eigenvalue weighted by Crippen LogP contribution is 2.16. The zero-order chi connectivity index (χ0) is 14.5. The van der Waals surface area contributed by atoms with E-state index in [4.69, 9.17) is 11.6 Å². The van der Waals surface area contributed by atoms with Gasteiger partial charge in [0.05, 0.1) is 17.0 Å². The number of hydrogen-bond acceptors (Lipinski definition) is 2. The van der Waals surface area contributed by atoms with E-state index < -0.39 is 0 Å². The Morgan fingerprint density at radius 3 is 2.90 bits per heavy atom. The number of aromatic nitrogens is 2. The molecular formula is C15H19ClFN3. The monoisotopic (exact) mass is 295 g/mol. The van der Waals surface area contributed by atoms with Crippen molar-refractivity contribution in [1.82, 2.24) is 14.9 Å². The summed E-state index contributed by atoms with van der Waals surface area (Å²) in [6.45, 7) is 6.71. The SMILES string of the molecule is CC(C)CNCc1cn(Cc2ccc(F)c(Cl)c2)cn1. The van der Waals surface area contributed by atoms with Crippen molar-refractivity contribution in [2.45, 2.75) is 26.9 Å². The van der Waals surface area contributed by atoms with E-state index in [2.05, 4.69) is 24.1 Å². The summed E-state index contributed by atoms with van der Waals surface area (Å²) in [7, 11) is 0. The molecule has 0 amide bonds. The van der Waals surface area contributed by atoms with Crippen molar-refractivity contribution in [2.24, 2.45) is 5.92 Å². The van der Waals surface area contributed by atoms with E-state index in [1.165, 1.54) is 6.07 Å². The molecule has 0 radical (unpaired) electrons. The minimum Gasteiger partial charge on any atom is -0.333 e. The molecule has 20 heavy (non-hydrogen) atoms. The van der Waals surface area contributed by atoms with E-state index in [-0.39, 0.29) is 10.8 Å². The van der Waals surface area contributed by atoms with Crippen molar-refractivity contribution in [3.63, 3.8) is 0 Å². The Labute approximate surface area is 123 Å². The van der Waals surface area contributed by atoms with Gasteiger partial charge in [-0.25, -0.2) is 9.37 Å². The van der Waals surface area contributed by atoms with Crippen LogP contribution < -0.4 is 5.32 Å². The van der Waals surface area contributed by atoms with Crippen LogP contribution >= 0.6 is 11.6 Å². The van der Waals surface area contributed by atoms with Gasteiger partial charge in [0.15, 0.2) is 0 Å². The van der Waals surface area contributed by atoms with E-state index in [1.807, 2.05) is 10.8 Å². The standard InChI is InChI=1S/C15H19ClFN3/c1-11(2)6-18-7-13-9-20(10-19-13)8-12-3-4-15(17)14(16)5-12/h3-5,9-11,18H,6-8H2,1-2H3. The van der Waals surface area contributed by atoms with E-state index in [0.717, 1.165) is 24.3 Å². The number of benzene rings is 1. The van der Waals surface area contributed by atoms with Gasteiger partial charge >= 0.3 is 0 Å². The highest BCUT2D eigenvalue weighted by atomic mass is 35.5. The Balaban J connectivity index is 1.93. The zero-order valence-corrected chi connectivity index (χ0v) is 12.5. The van der Waals surface area contributed by atoms with Crippen molar-refractivity contribution in [3.8, 4) is 0 Å². The maximum absolute atomic E-state index is 13.1. The first kappa shape index (κ1) is 15.0. The van der Waals surface area contributed by atoms with Crippen LogP contribution in [0.5, 0.6) is 0 Å². The van der Waals surface area contributed by atoms with Gasteiger partial charge in [0.25, 0.3) is 0 Å². The van der Waals surface area contributed by atoms with Crippen LogP contribution in [0.3, 0.4) is 0 Å². The molecule has 5 heteroatoms. The van der Waals surface area contributed by atoms with Crippen molar-refractivity contribution in [3.05, 3.63) is 52.8 Å². The van der Waals surface area contributed by atoms with E-state index in [1.54, 1.807) is 18.5 Å². The average Bonchev–Trinajstić information content (AvgIpc) is 2.81. The molecule has 3 nitrogen and oxygen atoms in total. The minimum absolute atomic E-state index is 0.154. The average molecular weight is 296 g/mol. The van der Waals surface area contributed by atoms with Crippen LogP contribution in [0, 0.1) is 11.7 Å². The third kappa shape index (κ3) is 4.32.